The van der Waals surface area contributed by atoms with Gasteiger partial charge in [0.1, 0.15) is 5.82 Å². The Hall–Kier alpha value is -1.82. The van der Waals surface area contributed by atoms with E-state index in [-0.39, 0.29) is 17.0 Å². The SMILES string of the molecule is COCCc1ncc(C(C)=O)c(C(=O)O)n1. The molecule has 0 aliphatic heterocycles. The molecule has 1 N–H and O–H groups in total. The van der Waals surface area contributed by atoms with Crippen molar-refractivity contribution in [1.29, 1.82) is 0 Å². The van der Waals surface area contributed by atoms with E-state index >= 15 is 0 Å². The van der Waals surface area contributed by atoms with Gasteiger partial charge in [-0.1, -0.05) is 0 Å². The van der Waals surface area contributed by atoms with Gasteiger partial charge in [-0.15, -0.1) is 0 Å². The highest BCUT2D eigenvalue weighted by atomic mass is 16.5. The molecule has 1 aromatic rings. The minimum atomic E-state index is -1.23. The second-order valence-corrected chi connectivity index (χ2v) is 3.15. The van der Waals surface area contributed by atoms with Gasteiger partial charge in [0.25, 0.3) is 0 Å². The first-order chi connectivity index (χ1) is 7.56. The summed E-state index contributed by atoms with van der Waals surface area (Å²) >= 11 is 0. The number of rotatable bonds is 5. The summed E-state index contributed by atoms with van der Waals surface area (Å²) in [6.45, 7) is 1.68. The molecule has 6 nitrogen and oxygen atoms in total. The Morgan fingerprint density at radius 3 is 2.69 bits per heavy atom. The third-order valence-electron chi connectivity index (χ3n) is 1.95. The number of aromatic nitrogens is 2. The zero-order valence-electron chi connectivity index (χ0n) is 9.06. The molecule has 6 heteroatoms. The number of Topliss-reactive ketones (excluding diaryl/α,β-unsaturated/α-hetero) is 1. The summed E-state index contributed by atoms with van der Waals surface area (Å²) in [4.78, 5) is 29.7. The zero-order chi connectivity index (χ0) is 12.1. The van der Waals surface area contributed by atoms with Crippen LogP contribution in [0.15, 0.2) is 6.20 Å². The Balaban J connectivity index is 3.07. The summed E-state index contributed by atoms with van der Waals surface area (Å²) < 4.78 is 4.83. The van der Waals surface area contributed by atoms with Crippen LogP contribution in [0.2, 0.25) is 0 Å². The molecule has 0 saturated carbocycles. The number of hydrogen-bond donors (Lipinski definition) is 1. The maximum absolute atomic E-state index is 11.1. The first kappa shape index (κ1) is 12.3. The highest BCUT2D eigenvalue weighted by Crippen LogP contribution is 2.07. The van der Waals surface area contributed by atoms with Gasteiger partial charge in [0.15, 0.2) is 11.5 Å². The van der Waals surface area contributed by atoms with E-state index in [9.17, 15) is 9.59 Å². The average molecular weight is 224 g/mol. The maximum atomic E-state index is 11.1. The topological polar surface area (TPSA) is 89.4 Å². The van der Waals surface area contributed by atoms with Gasteiger partial charge < -0.3 is 9.84 Å². The number of carboxylic acid groups (broad SMARTS) is 1. The van der Waals surface area contributed by atoms with Crippen molar-refractivity contribution < 1.29 is 19.4 Å². The van der Waals surface area contributed by atoms with Crippen molar-refractivity contribution in [2.75, 3.05) is 13.7 Å². The first-order valence-corrected chi connectivity index (χ1v) is 4.65. The molecule has 0 saturated heterocycles. The summed E-state index contributed by atoms with van der Waals surface area (Å²) in [5, 5.41) is 8.89. The summed E-state index contributed by atoms with van der Waals surface area (Å²) in [5.41, 5.74) is -0.234. The lowest BCUT2D eigenvalue weighted by molar-refractivity contribution is 0.0684. The van der Waals surface area contributed by atoms with Crippen molar-refractivity contribution in [2.24, 2.45) is 0 Å². The van der Waals surface area contributed by atoms with Gasteiger partial charge in [-0.05, 0) is 6.92 Å². The van der Waals surface area contributed by atoms with Crippen molar-refractivity contribution in [3.8, 4) is 0 Å². The minimum Gasteiger partial charge on any atom is -0.476 e. The van der Waals surface area contributed by atoms with Crippen LogP contribution in [0.25, 0.3) is 0 Å². The van der Waals surface area contributed by atoms with Crippen molar-refractivity contribution in [1.82, 2.24) is 9.97 Å². The quantitative estimate of drug-likeness (QED) is 0.735. The third-order valence-corrected chi connectivity index (χ3v) is 1.95. The van der Waals surface area contributed by atoms with E-state index in [4.69, 9.17) is 9.84 Å². The number of aromatic carboxylic acids is 1. The number of carbonyl (C=O) groups excluding carboxylic acids is 1. The van der Waals surface area contributed by atoms with E-state index < -0.39 is 5.97 Å². The summed E-state index contributed by atoms with van der Waals surface area (Å²) in [5.74, 6) is -1.24. The molecule has 1 aromatic heterocycles. The van der Waals surface area contributed by atoms with Crippen LogP contribution >= 0.6 is 0 Å². The minimum absolute atomic E-state index is 0.0219. The molecular weight excluding hydrogens is 212 g/mol. The van der Waals surface area contributed by atoms with E-state index in [0.29, 0.717) is 18.9 Å². The van der Waals surface area contributed by atoms with Crippen LogP contribution in [0.5, 0.6) is 0 Å². The van der Waals surface area contributed by atoms with Gasteiger partial charge in [0.2, 0.25) is 0 Å². The fourth-order valence-corrected chi connectivity index (χ4v) is 1.15. The van der Waals surface area contributed by atoms with E-state index in [1.54, 1.807) is 0 Å². The fourth-order valence-electron chi connectivity index (χ4n) is 1.15. The Labute approximate surface area is 92.3 Å². The van der Waals surface area contributed by atoms with Gasteiger partial charge in [-0.2, -0.15) is 0 Å². The Kier molecular flexibility index (Phi) is 4.07. The average Bonchev–Trinajstić information content (AvgIpc) is 2.25. The number of ether oxygens (including phenoxy) is 1. The summed E-state index contributed by atoms with van der Waals surface area (Å²) in [6, 6.07) is 0. The lowest BCUT2D eigenvalue weighted by atomic mass is 10.1. The smallest absolute Gasteiger partial charge is 0.355 e. The number of ketones is 1. The molecule has 0 aliphatic rings. The van der Waals surface area contributed by atoms with Gasteiger partial charge in [-0.3, -0.25) is 4.79 Å². The fraction of sp³-hybridized carbons (Fsp3) is 0.400. The number of carboxylic acids is 1. The highest BCUT2D eigenvalue weighted by molar-refractivity contribution is 6.03. The zero-order valence-corrected chi connectivity index (χ0v) is 9.06. The van der Waals surface area contributed by atoms with Gasteiger partial charge >= 0.3 is 5.97 Å². The molecule has 0 atom stereocenters. The molecule has 0 bridgehead atoms. The van der Waals surface area contributed by atoms with E-state index in [1.807, 2.05) is 0 Å². The summed E-state index contributed by atoms with van der Waals surface area (Å²) in [6.07, 6.45) is 1.65. The van der Waals surface area contributed by atoms with Crippen molar-refractivity contribution in [3.63, 3.8) is 0 Å². The van der Waals surface area contributed by atoms with Crippen LogP contribution in [0.1, 0.15) is 33.6 Å². The van der Waals surface area contributed by atoms with E-state index in [0.717, 1.165) is 0 Å². The lowest BCUT2D eigenvalue weighted by Crippen LogP contribution is -2.13. The van der Waals surface area contributed by atoms with Crippen LogP contribution in [-0.4, -0.2) is 40.5 Å². The highest BCUT2D eigenvalue weighted by Gasteiger charge is 2.16. The van der Waals surface area contributed by atoms with Crippen molar-refractivity contribution >= 4 is 11.8 Å². The number of nitrogens with zero attached hydrogens (tertiary/aromatic N) is 2. The lowest BCUT2D eigenvalue weighted by Gasteiger charge is -2.04. The molecule has 1 rings (SSSR count). The summed E-state index contributed by atoms with van der Waals surface area (Å²) in [7, 11) is 1.53. The van der Waals surface area contributed by atoms with Gasteiger partial charge in [0, 0.05) is 19.7 Å². The maximum Gasteiger partial charge on any atom is 0.355 e. The normalized spacial score (nSPS) is 10.1. The molecule has 0 amide bonds. The molecule has 0 fully saturated rings. The molecule has 0 radical (unpaired) electrons. The van der Waals surface area contributed by atoms with Crippen LogP contribution in [0.3, 0.4) is 0 Å². The van der Waals surface area contributed by atoms with Crippen molar-refractivity contribution in [3.05, 3.63) is 23.3 Å². The van der Waals surface area contributed by atoms with Crippen LogP contribution in [-0.2, 0) is 11.2 Å². The number of methoxy groups -OCH3 is 1. The second kappa shape index (κ2) is 5.32. The largest absolute Gasteiger partial charge is 0.476 e. The van der Waals surface area contributed by atoms with Crippen LogP contribution < -0.4 is 0 Å². The number of carbonyl (C=O) groups is 2. The predicted molar refractivity (Wildman–Crippen MR) is 54.6 cm³/mol. The van der Waals surface area contributed by atoms with Gasteiger partial charge in [0.05, 0.1) is 12.2 Å². The standard InChI is InChI=1S/C10H12N2O4/c1-6(13)7-5-11-8(3-4-16-2)12-9(7)10(14)15/h5H,3-4H2,1-2H3,(H,14,15). The Morgan fingerprint density at radius 1 is 1.50 bits per heavy atom. The Morgan fingerprint density at radius 2 is 2.19 bits per heavy atom. The molecule has 0 aromatic carbocycles. The molecule has 16 heavy (non-hydrogen) atoms. The number of hydrogen-bond acceptors (Lipinski definition) is 5. The molecule has 0 aliphatic carbocycles. The second-order valence-electron chi connectivity index (χ2n) is 3.15. The van der Waals surface area contributed by atoms with Gasteiger partial charge in [-0.25, -0.2) is 14.8 Å². The van der Waals surface area contributed by atoms with E-state index in [1.165, 1.54) is 20.2 Å². The monoisotopic (exact) mass is 224 g/mol. The molecule has 0 unspecified atom stereocenters. The van der Waals surface area contributed by atoms with Crippen LogP contribution in [0, 0.1) is 0 Å². The molecule has 86 valence electrons. The van der Waals surface area contributed by atoms with E-state index in [2.05, 4.69) is 9.97 Å². The Bertz CT molecular complexity index is 417. The van der Waals surface area contributed by atoms with Crippen LogP contribution in [0.4, 0.5) is 0 Å². The molecule has 0 spiro atoms. The first-order valence-electron chi connectivity index (χ1n) is 4.65. The third kappa shape index (κ3) is 2.83. The predicted octanol–water partition coefficient (Wildman–Crippen LogP) is 0.566. The molecule has 1 heterocycles. The van der Waals surface area contributed by atoms with Crippen molar-refractivity contribution in [2.45, 2.75) is 13.3 Å². The molecular formula is C10H12N2O4.